The molecule has 0 fully saturated rings. The number of ether oxygens (including phenoxy) is 2. The number of pyridine rings is 3. The van der Waals surface area contributed by atoms with Gasteiger partial charge in [-0.1, -0.05) is 20.8 Å². The number of hydrogen-bond donors (Lipinski definition) is 2. The van der Waals surface area contributed by atoms with Gasteiger partial charge in [-0.05, 0) is 63.8 Å². The Morgan fingerprint density at radius 1 is 1.15 bits per heavy atom. The molecular weight excluding hydrogens is 530 g/mol. The number of aromatic nitrogens is 3. The molecule has 0 radical (unpaired) electrons. The number of sulfone groups is 1. The Balaban J connectivity index is 1.69. The summed E-state index contributed by atoms with van der Waals surface area (Å²) in [6.07, 6.45) is 2.95. The number of nitrogens with one attached hydrogen (secondary N) is 1. The van der Waals surface area contributed by atoms with Crippen molar-refractivity contribution in [2.45, 2.75) is 78.6 Å². The highest BCUT2D eigenvalue weighted by molar-refractivity contribution is 7.91. The van der Waals surface area contributed by atoms with Crippen LogP contribution in [0.3, 0.4) is 0 Å². The maximum atomic E-state index is 12.5. The minimum atomic E-state index is -3.15. The van der Waals surface area contributed by atoms with E-state index in [1.165, 1.54) is 0 Å². The van der Waals surface area contributed by atoms with Gasteiger partial charge in [-0.15, -0.1) is 0 Å². The van der Waals surface area contributed by atoms with Crippen molar-refractivity contribution in [2.24, 2.45) is 11.7 Å². The third-order valence-electron chi connectivity index (χ3n) is 7.69. The molecule has 0 amide bonds. The van der Waals surface area contributed by atoms with Crippen LogP contribution in [0.25, 0.3) is 10.8 Å². The fourth-order valence-electron chi connectivity index (χ4n) is 4.62. The van der Waals surface area contributed by atoms with Gasteiger partial charge in [0.15, 0.2) is 0 Å². The van der Waals surface area contributed by atoms with Crippen molar-refractivity contribution >= 4 is 38.2 Å². The highest BCUT2D eigenvalue weighted by Crippen LogP contribution is 2.38. The van der Waals surface area contributed by atoms with Crippen LogP contribution in [0.4, 0.5) is 11.6 Å². The van der Waals surface area contributed by atoms with Crippen molar-refractivity contribution in [1.82, 2.24) is 15.0 Å². The highest BCUT2D eigenvalue weighted by Gasteiger charge is 2.40. The predicted molar refractivity (Wildman–Crippen MR) is 156 cm³/mol. The van der Waals surface area contributed by atoms with E-state index >= 15 is 0 Å². The molecule has 10 nitrogen and oxygen atoms in total. The first-order valence-electron chi connectivity index (χ1n) is 13.5. The molecule has 11 heteroatoms. The zero-order chi connectivity index (χ0) is 29.6. The molecule has 0 spiro atoms. The average Bonchev–Trinajstić information content (AvgIpc) is 2.86. The van der Waals surface area contributed by atoms with E-state index in [0.29, 0.717) is 34.2 Å². The van der Waals surface area contributed by atoms with Gasteiger partial charge >= 0.3 is 5.97 Å². The molecule has 1 aliphatic rings. The quantitative estimate of drug-likeness (QED) is 0.343. The Labute approximate surface area is 236 Å². The van der Waals surface area contributed by atoms with Gasteiger partial charge in [0.1, 0.15) is 33.2 Å². The molecule has 3 aromatic heterocycles. The van der Waals surface area contributed by atoms with E-state index in [2.05, 4.69) is 15.3 Å². The number of esters is 1. The Morgan fingerprint density at radius 3 is 2.50 bits per heavy atom. The molecule has 3 aromatic rings. The lowest BCUT2D eigenvalue weighted by Crippen LogP contribution is -2.39. The Morgan fingerprint density at radius 2 is 1.85 bits per heavy atom. The molecule has 3 atom stereocenters. The lowest BCUT2D eigenvalue weighted by Gasteiger charge is -2.36. The van der Waals surface area contributed by atoms with E-state index in [9.17, 15) is 13.2 Å². The third-order valence-corrected chi connectivity index (χ3v) is 9.61. The molecule has 4 rings (SSSR count). The SMILES string of the molecule is CCS(=O)(=O)C[C@H](C)[C@H](C)Oc1ncc(C(C)(C)N)c2cc(Nc3ccc4c(n3)[C@@H](C)C(C)(C)OC4=O)ncc12. The van der Waals surface area contributed by atoms with Crippen LogP contribution in [0.1, 0.15) is 82.9 Å². The molecule has 0 saturated carbocycles. The highest BCUT2D eigenvalue weighted by atomic mass is 32.2. The summed E-state index contributed by atoms with van der Waals surface area (Å²) >= 11 is 0. The number of carbonyl (C=O) groups is 1. The third kappa shape index (κ3) is 6.05. The zero-order valence-corrected chi connectivity index (χ0v) is 25.2. The number of fused-ring (bicyclic) bond motifs is 2. The van der Waals surface area contributed by atoms with Crippen LogP contribution in [0.15, 0.2) is 30.6 Å². The van der Waals surface area contributed by atoms with E-state index in [4.69, 9.17) is 20.2 Å². The van der Waals surface area contributed by atoms with Crippen LogP contribution < -0.4 is 15.8 Å². The summed E-state index contributed by atoms with van der Waals surface area (Å²) in [6.45, 7) is 14.9. The molecule has 3 N–H and O–H groups in total. The Bertz CT molecular complexity index is 1550. The van der Waals surface area contributed by atoms with Gasteiger partial charge in [-0.3, -0.25) is 0 Å². The summed E-state index contributed by atoms with van der Waals surface area (Å²) < 4.78 is 36.0. The molecular formula is C29H39N5O5S. The van der Waals surface area contributed by atoms with Gasteiger partial charge in [0.2, 0.25) is 5.88 Å². The van der Waals surface area contributed by atoms with E-state index in [-0.39, 0.29) is 29.3 Å². The fourth-order valence-corrected chi connectivity index (χ4v) is 5.93. The normalized spacial score (nSPS) is 18.5. The number of nitrogens with zero attached hydrogens (tertiary/aromatic N) is 3. The van der Waals surface area contributed by atoms with Crippen molar-refractivity contribution in [3.05, 3.63) is 47.4 Å². The van der Waals surface area contributed by atoms with Gasteiger partial charge in [-0.2, -0.15) is 0 Å². The number of anilines is 2. The maximum absolute atomic E-state index is 12.5. The monoisotopic (exact) mass is 569 g/mol. The van der Waals surface area contributed by atoms with Crippen LogP contribution in [0.2, 0.25) is 0 Å². The van der Waals surface area contributed by atoms with E-state index in [1.807, 2.05) is 54.5 Å². The molecule has 0 aliphatic carbocycles. The van der Waals surface area contributed by atoms with Crippen LogP contribution in [-0.2, 0) is 20.1 Å². The van der Waals surface area contributed by atoms with Crippen molar-refractivity contribution in [1.29, 1.82) is 0 Å². The summed E-state index contributed by atoms with van der Waals surface area (Å²) in [6, 6.07) is 5.30. The van der Waals surface area contributed by atoms with Crippen LogP contribution in [0, 0.1) is 5.92 Å². The first-order chi connectivity index (χ1) is 18.5. The van der Waals surface area contributed by atoms with Crippen LogP contribution >= 0.6 is 0 Å². The molecule has 40 heavy (non-hydrogen) atoms. The first kappa shape index (κ1) is 29.7. The number of carbonyl (C=O) groups excluding carboxylic acids is 1. The minimum absolute atomic E-state index is 0.0319. The van der Waals surface area contributed by atoms with Gasteiger partial charge < -0.3 is 20.5 Å². The minimum Gasteiger partial charge on any atom is -0.474 e. The summed E-state index contributed by atoms with van der Waals surface area (Å²) in [5.41, 5.74) is 7.04. The second-order valence-corrected chi connectivity index (χ2v) is 14.2. The zero-order valence-electron chi connectivity index (χ0n) is 24.4. The average molecular weight is 570 g/mol. The van der Waals surface area contributed by atoms with Crippen molar-refractivity contribution in [2.75, 3.05) is 16.8 Å². The number of rotatable bonds is 9. The van der Waals surface area contributed by atoms with Gasteiger partial charge in [0, 0.05) is 35.5 Å². The van der Waals surface area contributed by atoms with E-state index in [0.717, 1.165) is 10.9 Å². The maximum Gasteiger partial charge on any atom is 0.340 e. The molecule has 0 aromatic carbocycles. The number of hydrogen-bond acceptors (Lipinski definition) is 10. The van der Waals surface area contributed by atoms with Crippen molar-refractivity contribution in [3.8, 4) is 5.88 Å². The summed E-state index contributed by atoms with van der Waals surface area (Å²) in [4.78, 5) is 26.3. The number of nitrogens with two attached hydrogens (primary N) is 1. The van der Waals surface area contributed by atoms with Gasteiger partial charge in [0.05, 0.1) is 22.4 Å². The second kappa shape index (κ2) is 10.6. The molecule has 4 heterocycles. The smallest absolute Gasteiger partial charge is 0.340 e. The topological polar surface area (TPSA) is 146 Å². The summed E-state index contributed by atoms with van der Waals surface area (Å²) in [5, 5.41) is 4.72. The summed E-state index contributed by atoms with van der Waals surface area (Å²) in [5.74, 6) is 0.836. The van der Waals surface area contributed by atoms with E-state index in [1.54, 1.807) is 31.5 Å². The lowest BCUT2D eigenvalue weighted by molar-refractivity contribution is -0.0189. The van der Waals surface area contributed by atoms with Crippen molar-refractivity contribution < 1.29 is 22.7 Å². The van der Waals surface area contributed by atoms with Gasteiger partial charge in [0.25, 0.3) is 0 Å². The van der Waals surface area contributed by atoms with Crippen LogP contribution in [0.5, 0.6) is 5.88 Å². The fraction of sp³-hybridized carbons (Fsp3) is 0.517. The lowest BCUT2D eigenvalue weighted by atomic mass is 9.84. The molecule has 216 valence electrons. The first-order valence-corrected chi connectivity index (χ1v) is 15.3. The second-order valence-electron chi connectivity index (χ2n) is 11.8. The summed E-state index contributed by atoms with van der Waals surface area (Å²) in [7, 11) is -3.15. The molecule has 1 aliphatic heterocycles. The van der Waals surface area contributed by atoms with E-state index < -0.39 is 27.1 Å². The molecule has 0 unspecified atom stereocenters. The van der Waals surface area contributed by atoms with Crippen LogP contribution in [-0.4, -0.2) is 52.5 Å². The Kier molecular flexibility index (Phi) is 7.85. The van der Waals surface area contributed by atoms with Gasteiger partial charge in [-0.25, -0.2) is 28.2 Å². The number of cyclic esters (lactones) is 1. The van der Waals surface area contributed by atoms with Crippen molar-refractivity contribution in [3.63, 3.8) is 0 Å². The largest absolute Gasteiger partial charge is 0.474 e. The predicted octanol–water partition coefficient (Wildman–Crippen LogP) is 4.85. The molecule has 0 bridgehead atoms. The molecule has 0 saturated heterocycles. The standard InChI is InChI=1S/C29H39N5O5S/c1-9-40(36,37)15-16(2)18(4)38-26-21-13-31-24(12-20(21)22(14-32-26)28(5,6)30)33-23-11-10-19-25(34-23)17(3)29(7,8)39-27(19)35/h10-14,16-18H,9,15,30H2,1-8H3,(H,31,33,34)/t16-,17+,18-/m0/s1. The Hall–Kier alpha value is -3.31.